The number of halogens is 1. The zero-order valence-electron chi connectivity index (χ0n) is 10.3. The Morgan fingerprint density at radius 3 is 2.82 bits per heavy atom. The lowest BCUT2D eigenvalue weighted by Crippen LogP contribution is -2.45. The van der Waals surface area contributed by atoms with Crippen LogP contribution < -0.4 is 0 Å². The van der Waals surface area contributed by atoms with Gasteiger partial charge in [0.2, 0.25) is 0 Å². The first-order valence-electron chi connectivity index (χ1n) is 6.31. The van der Waals surface area contributed by atoms with Gasteiger partial charge in [-0.25, -0.2) is 0 Å². The van der Waals surface area contributed by atoms with Gasteiger partial charge < -0.3 is 9.64 Å². The first-order chi connectivity index (χ1) is 8.29. The summed E-state index contributed by atoms with van der Waals surface area (Å²) < 4.78 is 6.02. The van der Waals surface area contributed by atoms with Gasteiger partial charge >= 0.3 is 0 Å². The minimum Gasteiger partial charge on any atom is -0.371 e. The number of hydrogen-bond donors (Lipinski definition) is 0. The lowest BCUT2D eigenvalue weighted by atomic mass is 10.1. The van der Waals surface area contributed by atoms with Crippen molar-refractivity contribution in [1.29, 1.82) is 0 Å². The Morgan fingerprint density at radius 2 is 2.12 bits per heavy atom. The molecule has 2 nitrogen and oxygen atoms in total. The van der Waals surface area contributed by atoms with E-state index in [1.165, 1.54) is 18.5 Å². The van der Waals surface area contributed by atoms with E-state index < -0.39 is 0 Å². The highest BCUT2D eigenvalue weighted by atomic mass is 79.9. The smallest absolute Gasteiger partial charge is 0.0831 e. The number of alkyl halides is 1. The third kappa shape index (κ3) is 3.80. The molecule has 1 aromatic carbocycles. The summed E-state index contributed by atoms with van der Waals surface area (Å²) in [6, 6.07) is 10.4. The summed E-state index contributed by atoms with van der Waals surface area (Å²) in [5.41, 5.74) is 1.25. The fourth-order valence-electron chi connectivity index (χ4n) is 2.17. The number of nitrogens with zero attached hydrogens (tertiary/aromatic N) is 1. The van der Waals surface area contributed by atoms with E-state index >= 15 is 0 Å². The molecular weight excluding hydrogens is 278 g/mol. The van der Waals surface area contributed by atoms with E-state index in [0.717, 1.165) is 13.1 Å². The Labute approximate surface area is 112 Å². The van der Waals surface area contributed by atoms with Gasteiger partial charge in [0.05, 0.1) is 12.7 Å². The predicted molar refractivity (Wildman–Crippen MR) is 74.5 cm³/mol. The van der Waals surface area contributed by atoms with Crippen molar-refractivity contribution in [2.45, 2.75) is 30.9 Å². The average Bonchev–Trinajstić information content (AvgIpc) is 2.39. The normalized spacial score (nSPS) is 26.0. The Morgan fingerprint density at radius 1 is 1.35 bits per heavy atom. The van der Waals surface area contributed by atoms with Crippen molar-refractivity contribution >= 4 is 15.9 Å². The quantitative estimate of drug-likeness (QED) is 0.792. The van der Waals surface area contributed by atoms with E-state index in [2.05, 4.69) is 52.0 Å². The highest BCUT2D eigenvalue weighted by Crippen LogP contribution is 2.21. The van der Waals surface area contributed by atoms with Crippen LogP contribution in [-0.4, -0.2) is 35.5 Å². The summed E-state index contributed by atoms with van der Waals surface area (Å²) in [4.78, 5) is 2.95. The highest BCUT2D eigenvalue weighted by Gasteiger charge is 2.27. The zero-order chi connectivity index (χ0) is 12.1. The third-order valence-electron chi connectivity index (χ3n) is 3.32. The van der Waals surface area contributed by atoms with Crippen LogP contribution in [0.5, 0.6) is 0 Å². The van der Waals surface area contributed by atoms with Crippen LogP contribution in [-0.2, 0) is 11.3 Å². The third-order valence-corrected chi connectivity index (χ3v) is 4.36. The Bertz CT molecular complexity index is 330. The molecule has 94 valence electrons. The van der Waals surface area contributed by atoms with Gasteiger partial charge in [-0.1, -0.05) is 53.2 Å². The fourth-order valence-corrected chi connectivity index (χ4v) is 2.70. The van der Waals surface area contributed by atoms with Crippen molar-refractivity contribution in [3.05, 3.63) is 35.9 Å². The first kappa shape index (κ1) is 13.1. The maximum Gasteiger partial charge on any atom is 0.0831 e. The molecule has 2 unspecified atom stereocenters. The number of hydrogen-bond acceptors (Lipinski definition) is 2. The summed E-state index contributed by atoms with van der Waals surface area (Å²) in [5, 5.41) is 0. The summed E-state index contributed by atoms with van der Waals surface area (Å²) in [7, 11) is 0. The lowest BCUT2D eigenvalue weighted by Gasteiger charge is -2.35. The van der Waals surface area contributed by atoms with Crippen LogP contribution in [0.3, 0.4) is 0 Å². The molecule has 1 aliphatic rings. The molecule has 0 saturated carbocycles. The van der Waals surface area contributed by atoms with Gasteiger partial charge in [-0.05, 0) is 25.1 Å². The van der Waals surface area contributed by atoms with Gasteiger partial charge in [-0.2, -0.15) is 0 Å². The molecule has 0 amide bonds. The molecule has 0 aromatic heterocycles. The molecule has 0 aliphatic carbocycles. The van der Waals surface area contributed by atoms with E-state index in [9.17, 15) is 0 Å². The van der Waals surface area contributed by atoms with E-state index in [1.54, 1.807) is 0 Å². The van der Waals surface area contributed by atoms with Crippen LogP contribution in [0.25, 0.3) is 0 Å². The number of ether oxygens (including phenoxy) is 1. The van der Waals surface area contributed by atoms with E-state index in [-0.39, 0.29) is 0 Å². The van der Waals surface area contributed by atoms with Crippen molar-refractivity contribution in [3.63, 3.8) is 0 Å². The van der Waals surface area contributed by atoms with Gasteiger partial charge in [0, 0.05) is 11.4 Å². The summed E-state index contributed by atoms with van der Waals surface area (Å²) in [6.07, 6.45) is 1.48. The fraction of sp³-hybridized carbons (Fsp3) is 0.571. The van der Waals surface area contributed by atoms with Crippen molar-refractivity contribution in [2.24, 2.45) is 0 Å². The monoisotopic (exact) mass is 297 g/mol. The standard InChI is InChI=1S/C14H20BrNO/c1-2-16-9-8-13(15)14(10-16)17-11-12-6-4-3-5-7-12/h3-7,13-14H,2,8-11H2,1H3. The molecule has 2 atom stereocenters. The maximum atomic E-state index is 6.02. The second-order valence-corrected chi connectivity index (χ2v) is 5.71. The summed E-state index contributed by atoms with van der Waals surface area (Å²) in [5.74, 6) is 0. The SMILES string of the molecule is CCN1CCC(Br)C(OCc2ccccc2)C1. The second kappa shape index (κ2) is 6.53. The Balaban J connectivity index is 1.85. The molecule has 1 aromatic rings. The molecule has 1 fully saturated rings. The van der Waals surface area contributed by atoms with Gasteiger partial charge in [0.25, 0.3) is 0 Å². The van der Waals surface area contributed by atoms with Crippen LogP contribution in [0, 0.1) is 0 Å². The summed E-state index contributed by atoms with van der Waals surface area (Å²) in [6.45, 7) is 6.26. The Hall–Kier alpha value is -0.380. The van der Waals surface area contributed by atoms with Crippen LogP contribution in [0.1, 0.15) is 18.9 Å². The molecule has 0 bridgehead atoms. The van der Waals surface area contributed by atoms with Crippen LogP contribution in [0.2, 0.25) is 0 Å². The Kier molecular flexibility index (Phi) is 5.01. The van der Waals surface area contributed by atoms with Crippen molar-refractivity contribution in [1.82, 2.24) is 4.90 Å². The van der Waals surface area contributed by atoms with Gasteiger partial charge in [0.15, 0.2) is 0 Å². The first-order valence-corrected chi connectivity index (χ1v) is 7.23. The average molecular weight is 298 g/mol. The van der Waals surface area contributed by atoms with Gasteiger partial charge in [-0.3, -0.25) is 0 Å². The largest absolute Gasteiger partial charge is 0.371 e. The number of benzene rings is 1. The molecule has 0 radical (unpaired) electrons. The molecule has 1 saturated heterocycles. The molecule has 0 N–H and O–H groups in total. The van der Waals surface area contributed by atoms with E-state index in [1.807, 2.05) is 6.07 Å². The molecule has 3 heteroatoms. The van der Waals surface area contributed by atoms with Gasteiger partial charge in [0.1, 0.15) is 0 Å². The minimum atomic E-state index is 0.309. The highest BCUT2D eigenvalue weighted by molar-refractivity contribution is 9.09. The summed E-state index contributed by atoms with van der Waals surface area (Å²) >= 11 is 3.73. The molecule has 17 heavy (non-hydrogen) atoms. The van der Waals surface area contributed by atoms with Crippen LogP contribution >= 0.6 is 15.9 Å². The van der Waals surface area contributed by atoms with E-state index in [4.69, 9.17) is 4.74 Å². The molecule has 1 heterocycles. The van der Waals surface area contributed by atoms with E-state index in [0.29, 0.717) is 17.5 Å². The van der Waals surface area contributed by atoms with Crippen molar-refractivity contribution in [2.75, 3.05) is 19.6 Å². The number of likely N-dealkylation sites (tertiary alicyclic amines) is 1. The predicted octanol–water partition coefficient (Wildman–Crippen LogP) is 3.06. The van der Waals surface area contributed by atoms with Crippen molar-refractivity contribution in [3.8, 4) is 0 Å². The zero-order valence-corrected chi connectivity index (χ0v) is 11.9. The maximum absolute atomic E-state index is 6.02. The van der Waals surface area contributed by atoms with Crippen molar-refractivity contribution < 1.29 is 4.74 Å². The minimum absolute atomic E-state index is 0.309. The molecule has 2 rings (SSSR count). The topological polar surface area (TPSA) is 12.5 Å². The second-order valence-electron chi connectivity index (χ2n) is 4.53. The van der Waals surface area contributed by atoms with Crippen LogP contribution in [0.15, 0.2) is 30.3 Å². The molecular formula is C14H20BrNO. The van der Waals surface area contributed by atoms with Gasteiger partial charge in [-0.15, -0.1) is 0 Å². The van der Waals surface area contributed by atoms with Crippen LogP contribution in [0.4, 0.5) is 0 Å². The lowest BCUT2D eigenvalue weighted by molar-refractivity contribution is -0.00283. The molecule has 1 aliphatic heterocycles. The number of rotatable bonds is 4. The number of piperidine rings is 1. The molecule has 0 spiro atoms. The number of likely N-dealkylation sites (N-methyl/N-ethyl adjacent to an activating group) is 1.